The predicted octanol–water partition coefficient (Wildman–Crippen LogP) is 5.06. The van der Waals surface area contributed by atoms with Gasteiger partial charge < -0.3 is 19.5 Å². The Morgan fingerprint density at radius 1 is 1.00 bits per heavy atom. The number of nitrogens with zero attached hydrogens (tertiary/aromatic N) is 1. The summed E-state index contributed by atoms with van der Waals surface area (Å²) in [5, 5.41) is 3.85. The van der Waals surface area contributed by atoms with Crippen molar-refractivity contribution in [3.05, 3.63) is 72.3 Å². The predicted molar refractivity (Wildman–Crippen MR) is 127 cm³/mol. The van der Waals surface area contributed by atoms with Crippen molar-refractivity contribution >= 4 is 27.5 Å². The Hall–Kier alpha value is -3.58. The minimum absolute atomic E-state index is 0.199. The monoisotopic (exact) mass is 448 g/mol. The molecule has 0 spiro atoms. The zero-order valence-electron chi connectivity index (χ0n) is 18.1. The van der Waals surface area contributed by atoms with E-state index in [9.17, 15) is 4.79 Å². The highest BCUT2D eigenvalue weighted by Gasteiger charge is 2.15. The van der Waals surface area contributed by atoms with E-state index in [4.69, 9.17) is 14.2 Å². The van der Waals surface area contributed by atoms with Gasteiger partial charge in [0, 0.05) is 12.1 Å². The molecule has 1 amide bonds. The lowest BCUT2D eigenvalue weighted by Crippen LogP contribution is -2.35. The summed E-state index contributed by atoms with van der Waals surface area (Å²) in [7, 11) is 3.17. The van der Waals surface area contributed by atoms with Crippen LogP contribution < -0.4 is 19.5 Å². The first-order chi connectivity index (χ1) is 15.6. The third-order valence-electron chi connectivity index (χ3n) is 4.99. The molecule has 3 aromatic carbocycles. The van der Waals surface area contributed by atoms with E-state index in [1.54, 1.807) is 32.5 Å². The average molecular weight is 449 g/mol. The molecule has 1 N–H and O–H groups in total. The smallest absolute Gasteiger partial charge is 0.261 e. The largest absolute Gasteiger partial charge is 0.493 e. The summed E-state index contributed by atoms with van der Waals surface area (Å²) in [6.45, 7) is 2.09. The molecule has 164 valence electrons. The van der Waals surface area contributed by atoms with E-state index in [0.29, 0.717) is 23.8 Å². The molecule has 4 rings (SSSR count). The summed E-state index contributed by atoms with van der Waals surface area (Å²) in [6.07, 6.45) is -0.636. The summed E-state index contributed by atoms with van der Waals surface area (Å²) in [5.74, 6) is 1.70. The quantitative estimate of drug-likeness (QED) is 0.408. The van der Waals surface area contributed by atoms with Crippen molar-refractivity contribution in [3.63, 3.8) is 0 Å². The number of thiazole rings is 1. The second kappa shape index (κ2) is 9.70. The molecule has 32 heavy (non-hydrogen) atoms. The number of carbonyl (C=O) groups excluding carboxylic acids is 1. The molecule has 7 heteroatoms. The fourth-order valence-electron chi connectivity index (χ4n) is 3.25. The first-order valence-electron chi connectivity index (χ1n) is 10.2. The van der Waals surface area contributed by atoms with Crippen LogP contribution in [0.1, 0.15) is 12.5 Å². The third kappa shape index (κ3) is 4.84. The van der Waals surface area contributed by atoms with Gasteiger partial charge in [0.2, 0.25) is 0 Å². The Morgan fingerprint density at radius 2 is 1.75 bits per heavy atom. The number of benzene rings is 3. The van der Waals surface area contributed by atoms with Crippen LogP contribution >= 0.6 is 11.3 Å². The number of carbonyl (C=O) groups is 1. The zero-order chi connectivity index (χ0) is 22.5. The van der Waals surface area contributed by atoms with Crippen LogP contribution in [-0.2, 0) is 11.3 Å². The van der Waals surface area contributed by atoms with Crippen molar-refractivity contribution < 1.29 is 19.0 Å². The topological polar surface area (TPSA) is 69.7 Å². The molecule has 6 nitrogen and oxygen atoms in total. The van der Waals surface area contributed by atoms with Gasteiger partial charge in [-0.25, -0.2) is 4.98 Å². The van der Waals surface area contributed by atoms with Crippen LogP contribution in [0.2, 0.25) is 0 Å². The maximum atomic E-state index is 12.5. The minimum atomic E-state index is -0.636. The first-order valence-corrected chi connectivity index (χ1v) is 11.0. The van der Waals surface area contributed by atoms with E-state index >= 15 is 0 Å². The maximum Gasteiger partial charge on any atom is 0.261 e. The van der Waals surface area contributed by atoms with E-state index in [1.807, 2.05) is 60.7 Å². The molecule has 0 aliphatic rings. The molecule has 0 saturated heterocycles. The van der Waals surface area contributed by atoms with Crippen molar-refractivity contribution in [3.8, 4) is 27.8 Å². The Bertz CT molecular complexity index is 1190. The van der Waals surface area contributed by atoms with Crippen LogP contribution in [0.3, 0.4) is 0 Å². The van der Waals surface area contributed by atoms with Crippen molar-refractivity contribution in [2.45, 2.75) is 19.6 Å². The molecule has 1 unspecified atom stereocenters. The summed E-state index contributed by atoms with van der Waals surface area (Å²) in [6, 6.07) is 21.2. The molecule has 0 bridgehead atoms. The summed E-state index contributed by atoms with van der Waals surface area (Å²) >= 11 is 1.65. The van der Waals surface area contributed by atoms with Gasteiger partial charge in [0.05, 0.1) is 24.4 Å². The normalized spacial score (nSPS) is 11.7. The number of methoxy groups -OCH3 is 2. The lowest BCUT2D eigenvalue weighted by atomic mass is 10.2. The number of hydrogen-bond acceptors (Lipinski definition) is 6. The van der Waals surface area contributed by atoms with Crippen LogP contribution in [0.4, 0.5) is 0 Å². The Balaban J connectivity index is 1.35. The number of para-hydroxylation sites is 1. The van der Waals surface area contributed by atoms with Crippen LogP contribution in [0.5, 0.6) is 17.2 Å². The molecule has 0 fully saturated rings. The molecule has 4 aromatic rings. The zero-order valence-corrected chi connectivity index (χ0v) is 18.9. The molecule has 0 aliphatic heterocycles. The van der Waals surface area contributed by atoms with Crippen molar-refractivity contribution in [1.82, 2.24) is 10.3 Å². The van der Waals surface area contributed by atoms with Gasteiger partial charge in [-0.15, -0.1) is 11.3 Å². The number of fused-ring (bicyclic) bond motifs is 1. The number of hydrogen-bond donors (Lipinski definition) is 1. The van der Waals surface area contributed by atoms with Gasteiger partial charge in [0.1, 0.15) is 10.8 Å². The molecule has 0 saturated carbocycles. The van der Waals surface area contributed by atoms with Crippen LogP contribution in [0.25, 0.3) is 20.8 Å². The fraction of sp³-hybridized carbons (Fsp3) is 0.200. The molecule has 1 atom stereocenters. The number of ether oxygens (including phenoxy) is 3. The fourth-order valence-corrected chi connectivity index (χ4v) is 4.22. The lowest BCUT2D eigenvalue weighted by Gasteiger charge is -2.15. The maximum absolute atomic E-state index is 12.5. The number of aromatic nitrogens is 1. The number of amides is 1. The highest BCUT2D eigenvalue weighted by atomic mass is 32.1. The minimum Gasteiger partial charge on any atom is -0.493 e. The van der Waals surface area contributed by atoms with Gasteiger partial charge >= 0.3 is 0 Å². The van der Waals surface area contributed by atoms with E-state index in [0.717, 1.165) is 26.4 Å². The van der Waals surface area contributed by atoms with E-state index in [1.165, 1.54) is 0 Å². The molecular formula is C25H24N2O4S. The van der Waals surface area contributed by atoms with Gasteiger partial charge in [-0.1, -0.05) is 18.2 Å². The number of nitrogens with one attached hydrogen (secondary N) is 1. The van der Waals surface area contributed by atoms with Crippen molar-refractivity contribution in [2.24, 2.45) is 0 Å². The highest BCUT2D eigenvalue weighted by Crippen LogP contribution is 2.31. The molecule has 1 aromatic heterocycles. The molecule has 0 radical (unpaired) electrons. The summed E-state index contributed by atoms with van der Waals surface area (Å²) in [4.78, 5) is 17.2. The van der Waals surface area contributed by atoms with Gasteiger partial charge in [0.15, 0.2) is 17.6 Å². The first kappa shape index (κ1) is 21.6. The van der Waals surface area contributed by atoms with Gasteiger partial charge in [0.25, 0.3) is 5.91 Å². The molecule has 0 aliphatic carbocycles. The van der Waals surface area contributed by atoms with Crippen molar-refractivity contribution in [1.29, 1.82) is 0 Å². The second-order valence-corrected chi connectivity index (χ2v) is 8.21. The lowest BCUT2D eigenvalue weighted by molar-refractivity contribution is -0.127. The van der Waals surface area contributed by atoms with Crippen LogP contribution in [0, 0.1) is 0 Å². The summed E-state index contributed by atoms with van der Waals surface area (Å²) < 4.78 is 17.5. The molecule has 1 heterocycles. The van der Waals surface area contributed by atoms with Crippen LogP contribution in [-0.4, -0.2) is 31.2 Å². The average Bonchev–Trinajstić information content (AvgIpc) is 3.27. The Kier molecular flexibility index (Phi) is 6.56. The number of rotatable bonds is 8. The third-order valence-corrected chi connectivity index (χ3v) is 6.08. The van der Waals surface area contributed by atoms with E-state index in [-0.39, 0.29) is 5.91 Å². The Labute approximate surface area is 190 Å². The Morgan fingerprint density at radius 3 is 2.47 bits per heavy atom. The van der Waals surface area contributed by atoms with Crippen LogP contribution in [0.15, 0.2) is 66.7 Å². The second-order valence-electron chi connectivity index (χ2n) is 7.18. The van der Waals surface area contributed by atoms with Gasteiger partial charge in [-0.2, -0.15) is 0 Å². The summed E-state index contributed by atoms with van der Waals surface area (Å²) in [5.41, 5.74) is 2.92. The SMILES string of the molecule is COc1ccc(CNC(=O)C(C)Oc2ccc(-c3nc4ccccc4s3)cc2)cc1OC. The van der Waals surface area contributed by atoms with Gasteiger partial charge in [-0.3, -0.25) is 4.79 Å². The van der Waals surface area contributed by atoms with Gasteiger partial charge in [-0.05, 0) is 61.0 Å². The van der Waals surface area contributed by atoms with E-state index < -0.39 is 6.10 Å². The molecular weight excluding hydrogens is 424 g/mol. The standard InChI is InChI=1S/C25H24N2O4S/c1-16(24(28)26-15-17-8-13-21(29-2)22(14-17)30-3)31-19-11-9-18(10-12-19)25-27-20-6-4-5-7-23(20)32-25/h4-14,16H,15H2,1-3H3,(H,26,28). The van der Waals surface area contributed by atoms with Crippen molar-refractivity contribution in [2.75, 3.05) is 14.2 Å². The highest BCUT2D eigenvalue weighted by molar-refractivity contribution is 7.21. The van der Waals surface area contributed by atoms with E-state index in [2.05, 4.69) is 16.4 Å².